The van der Waals surface area contributed by atoms with Gasteiger partial charge in [0.15, 0.2) is 5.96 Å². The number of hydrogen-bond donors (Lipinski definition) is 2. The van der Waals surface area contributed by atoms with Crippen LogP contribution in [0.15, 0.2) is 4.99 Å². The molecular weight excluding hydrogens is 312 g/mol. The van der Waals surface area contributed by atoms with Gasteiger partial charge < -0.3 is 15.5 Å². The number of likely N-dealkylation sites (N-methyl/N-ethyl adjacent to an activating group) is 2. The van der Waals surface area contributed by atoms with Crippen molar-refractivity contribution in [3.8, 4) is 0 Å². The summed E-state index contributed by atoms with van der Waals surface area (Å²) in [6.45, 7) is 9.78. The lowest BCUT2D eigenvalue weighted by molar-refractivity contribution is 0.119. The molecule has 25 heavy (non-hydrogen) atoms. The third kappa shape index (κ3) is 5.31. The minimum Gasteiger partial charge on any atom is -0.357 e. The number of rotatable bonds is 5. The molecule has 2 N–H and O–H groups in total. The van der Waals surface area contributed by atoms with Crippen LogP contribution in [0, 0.1) is 0 Å². The van der Waals surface area contributed by atoms with E-state index in [-0.39, 0.29) is 0 Å². The zero-order valence-electron chi connectivity index (χ0n) is 16.5. The first-order valence-electron chi connectivity index (χ1n) is 10.3. The first-order chi connectivity index (χ1) is 12.2. The molecule has 0 amide bonds. The summed E-state index contributed by atoms with van der Waals surface area (Å²) in [4.78, 5) is 12.5. The molecule has 0 bridgehead atoms. The van der Waals surface area contributed by atoms with Crippen LogP contribution in [-0.4, -0.2) is 98.7 Å². The van der Waals surface area contributed by atoms with E-state index in [1.165, 1.54) is 45.2 Å². The Morgan fingerprint density at radius 2 is 1.84 bits per heavy atom. The van der Waals surface area contributed by atoms with Crippen LogP contribution in [-0.2, 0) is 0 Å². The van der Waals surface area contributed by atoms with E-state index in [1.54, 1.807) is 0 Å². The van der Waals surface area contributed by atoms with Gasteiger partial charge in [-0.3, -0.25) is 14.8 Å². The van der Waals surface area contributed by atoms with Gasteiger partial charge in [0, 0.05) is 57.4 Å². The van der Waals surface area contributed by atoms with Gasteiger partial charge in [-0.05, 0) is 40.3 Å². The molecule has 0 radical (unpaired) electrons. The Kier molecular flexibility index (Phi) is 6.96. The summed E-state index contributed by atoms with van der Waals surface area (Å²) in [5.74, 6) is 1.00. The number of nitrogens with zero attached hydrogens (tertiary/aromatic N) is 4. The Labute approximate surface area is 154 Å². The fraction of sp³-hybridized carbons (Fsp3) is 0.947. The number of likely N-dealkylation sites (tertiary alicyclic amines) is 1. The molecule has 2 saturated heterocycles. The second-order valence-corrected chi connectivity index (χ2v) is 8.18. The summed E-state index contributed by atoms with van der Waals surface area (Å²) in [6, 6.07) is 1.91. The van der Waals surface area contributed by atoms with Crippen molar-refractivity contribution in [2.45, 2.75) is 57.2 Å². The number of guanidine groups is 1. The van der Waals surface area contributed by atoms with E-state index in [1.807, 2.05) is 0 Å². The first kappa shape index (κ1) is 18.9. The van der Waals surface area contributed by atoms with Gasteiger partial charge in [0.25, 0.3) is 0 Å². The number of piperazine rings is 1. The molecule has 1 aliphatic carbocycles. The molecule has 0 spiro atoms. The molecule has 2 aliphatic heterocycles. The van der Waals surface area contributed by atoms with Gasteiger partial charge in [-0.2, -0.15) is 0 Å². The molecule has 2 atom stereocenters. The Morgan fingerprint density at radius 1 is 1.04 bits per heavy atom. The highest BCUT2D eigenvalue weighted by Gasteiger charge is 2.30. The SMILES string of the molecule is CCNC(=NCC1CN(C)CCN1C)NC1CCN(C2CCCC2)C1. The minimum absolute atomic E-state index is 0.521. The molecule has 6 heteroatoms. The predicted octanol–water partition coefficient (Wildman–Crippen LogP) is 0.804. The van der Waals surface area contributed by atoms with Crippen LogP contribution in [0.2, 0.25) is 0 Å². The lowest BCUT2D eigenvalue weighted by Gasteiger charge is -2.37. The maximum absolute atomic E-state index is 4.92. The van der Waals surface area contributed by atoms with Crippen LogP contribution in [0.25, 0.3) is 0 Å². The lowest BCUT2D eigenvalue weighted by Crippen LogP contribution is -2.52. The summed E-state index contributed by atoms with van der Waals surface area (Å²) in [5.41, 5.74) is 0. The largest absolute Gasteiger partial charge is 0.357 e. The average Bonchev–Trinajstić information content (AvgIpc) is 3.27. The van der Waals surface area contributed by atoms with Gasteiger partial charge in [0.05, 0.1) is 6.54 Å². The van der Waals surface area contributed by atoms with Crippen LogP contribution >= 0.6 is 0 Å². The number of nitrogens with one attached hydrogen (secondary N) is 2. The van der Waals surface area contributed by atoms with E-state index >= 15 is 0 Å². The summed E-state index contributed by atoms with van der Waals surface area (Å²) in [5, 5.41) is 7.15. The van der Waals surface area contributed by atoms with E-state index in [0.717, 1.165) is 44.7 Å². The van der Waals surface area contributed by atoms with Crippen molar-refractivity contribution in [1.82, 2.24) is 25.3 Å². The molecule has 3 fully saturated rings. The predicted molar refractivity (Wildman–Crippen MR) is 105 cm³/mol. The molecule has 3 aliphatic rings. The van der Waals surface area contributed by atoms with Crippen LogP contribution < -0.4 is 10.6 Å². The highest BCUT2D eigenvalue weighted by atomic mass is 15.3. The van der Waals surface area contributed by atoms with Crippen molar-refractivity contribution in [3.63, 3.8) is 0 Å². The van der Waals surface area contributed by atoms with Gasteiger partial charge in [-0.25, -0.2) is 0 Å². The third-order valence-corrected chi connectivity index (χ3v) is 6.19. The first-order valence-corrected chi connectivity index (χ1v) is 10.3. The number of aliphatic imine (C=N–C) groups is 1. The summed E-state index contributed by atoms with van der Waals surface area (Å²) in [7, 11) is 4.44. The maximum Gasteiger partial charge on any atom is 0.191 e. The Morgan fingerprint density at radius 3 is 2.60 bits per heavy atom. The Hall–Kier alpha value is -0.850. The normalized spacial score (nSPS) is 30.9. The minimum atomic E-state index is 0.521. The van der Waals surface area contributed by atoms with E-state index in [9.17, 15) is 0 Å². The molecule has 144 valence electrons. The van der Waals surface area contributed by atoms with Crippen molar-refractivity contribution < 1.29 is 0 Å². The van der Waals surface area contributed by atoms with E-state index in [2.05, 4.69) is 46.4 Å². The Balaban J connectivity index is 1.50. The second kappa shape index (κ2) is 9.19. The monoisotopic (exact) mass is 350 g/mol. The topological polar surface area (TPSA) is 46.1 Å². The van der Waals surface area contributed by atoms with Crippen molar-refractivity contribution >= 4 is 5.96 Å². The van der Waals surface area contributed by atoms with Crippen molar-refractivity contribution in [2.75, 3.05) is 59.9 Å². The molecule has 2 heterocycles. The van der Waals surface area contributed by atoms with Crippen LogP contribution in [0.1, 0.15) is 39.0 Å². The molecule has 1 saturated carbocycles. The smallest absolute Gasteiger partial charge is 0.191 e. The van der Waals surface area contributed by atoms with E-state index in [0.29, 0.717) is 12.1 Å². The summed E-state index contributed by atoms with van der Waals surface area (Å²) >= 11 is 0. The zero-order chi connectivity index (χ0) is 17.6. The molecule has 6 nitrogen and oxygen atoms in total. The quantitative estimate of drug-likeness (QED) is 0.567. The van der Waals surface area contributed by atoms with E-state index in [4.69, 9.17) is 4.99 Å². The molecule has 2 unspecified atom stereocenters. The van der Waals surface area contributed by atoms with Crippen molar-refractivity contribution in [1.29, 1.82) is 0 Å². The zero-order valence-corrected chi connectivity index (χ0v) is 16.5. The molecule has 3 rings (SSSR count). The van der Waals surface area contributed by atoms with E-state index < -0.39 is 0 Å². The van der Waals surface area contributed by atoms with Crippen molar-refractivity contribution in [2.24, 2.45) is 4.99 Å². The lowest BCUT2D eigenvalue weighted by atomic mass is 10.2. The maximum atomic E-state index is 4.92. The third-order valence-electron chi connectivity index (χ3n) is 6.19. The van der Waals surface area contributed by atoms with Gasteiger partial charge in [-0.15, -0.1) is 0 Å². The standard InChI is InChI=1S/C19H38N6/c1-4-20-19(21-13-18-15-23(2)11-12-24(18)3)22-16-9-10-25(14-16)17-7-5-6-8-17/h16-18H,4-15H2,1-3H3,(H2,20,21,22). The molecule has 0 aromatic carbocycles. The highest BCUT2D eigenvalue weighted by Crippen LogP contribution is 2.26. The van der Waals surface area contributed by atoms with Gasteiger partial charge in [0.1, 0.15) is 0 Å². The molecule has 0 aromatic heterocycles. The Bertz CT molecular complexity index is 434. The fourth-order valence-electron chi connectivity index (χ4n) is 4.51. The fourth-order valence-corrected chi connectivity index (χ4v) is 4.51. The van der Waals surface area contributed by atoms with Gasteiger partial charge in [0.2, 0.25) is 0 Å². The molecule has 0 aromatic rings. The average molecular weight is 351 g/mol. The van der Waals surface area contributed by atoms with Crippen LogP contribution in [0.4, 0.5) is 0 Å². The molecular formula is C19H38N6. The summed E-state index contributed by atoms with van der Waals surface area (Å²) < 4.78 is 0. The second-order valence-electron chi connectivity index (χ2n) is 8.18. The number of hydrogen-bond acceptors (Lipinski definition) is 4. The van der Waals surface area contributed by atoms with Gasteiger partial charge >= 0.3 is 0 Å². The summed E-state index contributed by atoms with van der Waals surface area (Å²) in [6.07, 6.45) is 6.90. The van der Waals surface area contributed by atoms with Gasteiger partial charge in [-0.1, -0.05) is 12.8 Å². The van der Waals surface area contributed by atoms with Crippen LogP contribution in [0.5, 0.6) is 0 Å². The van der Waals surface area contributed by atoms with Crippen molar-refractivity contribution in [3.05, 3.63) is 0 Å². The highest BCUT2D eigenvalue weighted by molar-refractivity contribution is 5.80. The van der Waals surface area contributed by atoms with Crippen LogP contribution in [0.3, 0.4) is 0 Å².